The Balaban J connectivity index is 2.55. The van der Waals surface area contributed by atoms with Crippen LogP contribution in [0.3, 0.4) is 0 Å². The molecular formula is C9H7ClN2. The van der Waals surface area contributed by atoms with E-state index in [1.807, 2.05) is 35.0 Å². The van der Waals surface area contributed by atoms with Crippen molar-refractivity contribution in [2.24, 2.45) is 0 Å². The molecule has 2 rings (SSSR count). The van der Waals surface area contributed by atoms with Gasteiger partial charge in [0.25, 0.3) is 0 Å². The van der Waals surface area contributed by atoms with E-state index in [1.165, 1.54) is 0 Å². The van der Waals surface area contributed by atoms with Crippen LogP contribution in [0.1, 0.15) is 0 Å². The first-order chi connectivity index (χ1) is 5.88. The smallest absolute Gasteiger partial charge is 0.0992 e. The second-order valence-electron chi connectivity index (χ2n) is 2.42. The molecule has 0 saturated heterocycles. The molecule has 1 aromatic heterocycles. The molecule has 0 saturated carbocycles. The Bertz CT molecular complexity index is 368. The number of aromatic nitrogens is 2. The lowest BCUT2D eigenvalue weighted by Gasteiger charge is -2.02. The molecule has 0 aliphatic carbocycles. The molecule has 0 radical (unpaired) electrons. The summed E-state index contributed by atoms with van der Waals surface area (Å²) in [6.45, 7) is 0. The summed E-state index contributed by atoms with van der Waals surface area (Å²) in [5.41, 5.74) is 0.955. The summed E-state index contributed by atoms with van der Waals surface area (Å²) in [5.74, 6) is 0. The predicted octanol–water partition coefficient (Wildman–Crippen LogP) is 2.53. The molecular weight excluding hydrogens is 172 g/mol. The summed E-state index contributed by atoms with van der Waals surface area (Å²) in [7, 11) is 0. The van der Waals surface area contributed by atoms with E-state index in [-0.39, 0.29) is 0 Å². The number of imidazole rings is 1. The molecule has 2 aromatic rings. The Labute approximate surface area is 75.4 Å². The second-order valence-corrected chi connectivity index (χ2v) is 2.83. The minimum Gasteiger partial charge on any atom is -0.305 e. The van der Waals surface area contributed by atoms with Gasteiger partial charge in [-0.15, -0.1) is 0 Å². The predicted molar refractivity (Wildman–Crippen MR) is 48.6 cm³/mol. The van der Waals surface area contributed by atoms with Crippen molar-refractivity contribution in [1.29, 1.82) is 0 Å². The highest BCUT2D eigenvalue weighted by Crippen LogP contribution is 2.18. The van der Waals surface area contributed by atoms with E-state index in [4.69, 9.17) is 11.6 Å². The van der Waals surface area contributed by atoms with Gasteiger partial charge in [-0.05, 0) is 12.1 Å². The fourth-order valence-corrected chi connectivity index (χ4v) is 1.30. The van der Waals surface area contributed by atoms with Crippen LogP contribution in [0.25, 0.3) is 5.69 Å². The first-order valence-electron chi connectivity index (χ1n) is 3.61. The number of benzene rings is 1. The van der Waals surface area contributed by atoms with Crippen molar-refractivity contribution in [2.45, 2.75) is 0 Å². The molecule has 3 heteroatoms. The maximum absolute atomic E-state index is 5.97. The quantitative estimate of drug-likeness (QED) is 0.656. The van der Waals surface area contributed by atoms with Crippen LogP contribution >= 0.6 is 11.6 Å². The van der Waals surface area contributed by atoms with E-state index in [9.17, 15) is 0 Å². The number of hydrogen-bond donors (Lipinski definition) is 0. The van der Waals surface area contributed by atoms with Crippen LogP contribution in [-0.2, 0) is 0 Å². The van der Waals surface area contributed by atoms with Gasteiger partial charge in [-0.2, -0.15) is 0 Å². The minimum absolute atomic E-state index is 0.732. The maximum Gasteiger partial charge on any atom is 0.0992 e. The van der Waals surface area contributed by atoms with Gasteiger partial charge in [0, 0.05) is 12.4 Å². The molecule has 1 heterocycles. The highest BCUT2D eigenvalue weighted by atomic mass is 35.5. The Kier molecular flexibility index (Phi) is 1.84. The summed E-state index contributed by atoms with van der Waals surface area (Å²) in [4.78, 5) is 3.94. The maximum atomic E-state index is 5.97. The van der Waals surface area contributed by atoms with E-state index in [0.29, 0.717) is 0 Å². The number of para-hydroxylation sites is 1. The lowest BCUT2D eigenvalue weighted by molar-refractivity contribution is 1.06. The number of halogens is 1. The lowest BCUT2D eigenvalue weighted by Crippen LogP contribution is -1.89. The van der Waals surface area contributed by atoms with Gasteiger partial charge in [0.05, 0.1) is 17.0 Å². The van der Waals surface area contributed by atoms with Crippen LogP contribution in [0.2, 0.25) is 5.02 Å². The zero-order chi connectivity index (χ0) is 8.39. The van der Waals surface area contributed by atoms with Crippen molar-refractivity contribution in [1.82, 2.24) is 9.55 Å². The van der Waals surface area contributed by atoms with Gasteiger partial charge < -0.3 is 4.57 Å². The van der Waals surface area contributed by atoms with Crippen LogP contribution < -0.4 is 0 Å². The Morgan fingerprint density at radius 3 is 2.75 bits per heavy atom. The minimum atomic E-state index is 0.732. The molecule has 60 valence electrons. The van der Waals surface area contributed by atoms with Crippen LogP contribution in [0.5, 0.6) is 0 Å². The summed E-state index contributed by atoms with van der Waals surface area (Å²) < 4.78 is 1.88. The molecule has 0 bridgehead atoms. The van der Waals surface area contributed by atoms with Crippen molar-refractivity contribution >= 4 is 11.6 Å². The summed E-state index contributed by atoms with van der Waals surface area (Å²) in [6, 6.07) is 7.66. The van der Waals surface area contributed by atoms with Gasteiger partial charge in [-0.1, -0.05) is 23.7 Å². The highest BCUT2D eigenvalue weighted by Gasteiger charge is 1.98. The normalized spacial score (nSPS) is 10.1. The van der Waals surface area contributed by atoms with Crippen LogP contribution in [0, 0.1) is 0 Å². The fourth-order valence-electron chi connectivity index (χ4n) is 1.06. The molecule has 0 amide bonds. The molecule has 0 spiro atoms. The van der Waals surface area contributed by atoms with E-state index < -0.39 is 0 Å². The van der Waals surface area contributed by atoms with Crippen molar-refractivity contribution in [2.75, 3.05) is 0 Å². The molecule has 0 fully saturated rings. The largest absolute Gasteiger partial charge is 0.305 e. The van der Waals surface area contributed by atoms with Gasteiger partial charge in [0.1, 0.15) is 0 Å². The molecule has 0 N–H and O–H groups in total. The van der Waals surface area contributed by atoms with Gasteiger partial charge in [-0.3, -0.25) is 0 Å². The van der Waals surface area contributed by atoms with Gasteiger partial charge >= 0.3 is 0 Å². The van der Waals surface area contributed by atoms with E-state index in [2.05, 4.69) is 4.98 Å². The lowest BCUT2D eigenvalue weighted by atomic mass is 10.3. The van der Waals surface area contributed by atoms with Gasteiger partial charge in [0.15, 0.2) is 0 Å². The van der Waals surface area contributed by atoms with E-state index in [1.54, 1.807) is 12.5 Å². The Hall–Kier alpha value is -1.28. The van der Waals surface area contributed by atoms with Crippen molar-refractivity contribution < 1.29 is 0 Å². The second kappa shape index (κ2) is 2.99. The topological polar surface area (TPSA) is 17.8 Å². The van der Waals surface area contributed by atoms with Crippen molar-refractivity contribution in [3.8, 4) is 5.69 Å². The average Bonchev–Trinajstić information content (AvgIpc) is 2.57. The van der Waals surface area contributed by atoms with Crippen LogP contribution in [-0.4, -0.2) is 9.55 Å². The third kappa shape index (κ3) is 1.21. The van der Waals surface area contributed by atoms with Crippen molar-refractivity contribution in [3.05, 3.63) is 48.0 Å². The Morgan fingerprint density at radius 2 is 2.08 bits per heavy atom. The SMILES string of the molecule is Clc1ccccc1-n1ccnc1. The third-order valence-electron chi connectivity index (χ3n) is 1.64. The summed E-state index contributed by atoms with van der Waals surface area (Å²) in [5, 5.41) is 0.732. The van der Waals surface area contributed by atoms with E-state index >= 15 is 0 Å². The standard InChI is InChI=1S/C9H7ClN2/c10-8-3-1-2-4-9(8)12-6-5-11-7-12/h1-7H. The van der Waals surface area contributed by atoms with Gasteiger partial charge in [-0.25, -0.2) is 4.98 Å². The number of nitrogens with zero attached hydrogens (tertiary/aromatic N) is 2. The summed E-state index contributed by atoms with van der Waals surface area (Å²) in [6.07, 6.45) is 5.31. The number of rotatable bonds is 1. The fraction of sp³-hybridized carbons (Fsp3) is 0. The van der Waals surface area contributed by atoms with Crippen LogP contribution in [0.15, 0.2) is 43.0 Å². The average molecular weight is 179 g/mol. The first-order valence-corrected chi connectivity index (χ1v) is 3.98. The zero-order valence-electron chi connectivity index (χ0n) is 6.31. The van der Waals surface area contributed by atoms with Crippen LogP contribution in [0.4, 0.5) is 0 Å². The molecule has 0 aliphatic rings. The molecule has 2 nitrogen and oxygen atoms in total. The monoisotopic (exact) mass is 178 g/mol. The first kappa shape index (κ1) is 7.37. The molecule has 0 aliphatic heterocycles. The summed E-state index contributed by atoms with van der Waals surface area (Å²) >= 11 is 5.97. The highest BCUT2D eigenvalue weighted by molar-refractivity contribution is 6.32. The van der Waals surface area contributed by atoms with Gasteiger partial charge in [0.2, 0.25) is 0 Å². The molecule has 1 aromatic carbocycles. The van der Waals surface area contributed by atoms with E-state index in [0.717, 1.165) is 10.7 Å². The molecule has 12 heavy (non-hydrogen) atoms. The zero-order valence-corrected chi connectivity index (χ0v) is 7.07. The Morgan fingerprint density at radius 1 is 1.25 bits per heavy atom. The third-order valence-corrected chi connectivity index (χ3v) is 1.95. The molecule has 0 atom stereocenters. The molecule has 0 unspecified atom stereocenters. The van der Waals surface area contributed by atoms with Crippen molar-refractivity contribution in [3.63, 3.8) is 0 Å². The number of hydrogen-bond acceptors (Lipinski definition) is 1.